The lowest BCUT2D eigenvalue weighted by molar-refractivity contribution is -0.108. The molecule has 0 amide bonds. The van der Waals surface area contributed by atoms with E-state index in [0.717, 1.165) is 6.07 Å². The summed E-state index contributed by atoms with van der Waals surface area (Å²) < 4.78 is 26.4. The van der Waals surface area contributed by atoms with Gasteiger partial charge in [-0.1, -0.05) is 18.5 Å². The van der Waals surface area contributed by atoms with Crippen LogP contribution >= 0.6 is 11.6 Å². The summed E-state index contributed by atoms with van der Waals surface area (Å²) in [6.45, 7) is 1.57. The van der Waals surface area contributed by atoms with Gasteiger partial charge >= 0.3 is 0 Å². The van der Waals surface area contributed by atoms with E-state index in [4.69, 9.17) is 16.7 Å². The Hall–Kier alpha value is -1.16. The predicted octanol–water partition coefficient (Wildman–Crippen LogP) is 3.02. The van der Waals surface area contributed by atoms with E-state index in [0.29, 0.717) is 6.29 Å². The van der Waals surface area contributed by atoms with Gasteiger partial charge in [-0.3, -0.25) is 0 Å². The first-order chi connectivity index (χ1) is 6.99. The monoisotopic (exact) mass is 234 g/mol. The molecular weight excluding hydrogens is 226 g/mol. The number of aldehydes is 1. The molecule has 0 spiro atoms. The molecule has 0 saturated heterocycles. The van der Waals surface area contributed by atoms with Crippen molar-refractivity contribution in [3.8, 4) is 5.75 Å². The van der Waals surface area contributed by atoms with Crippen molar-refractivity contribution in [1.29, 1.82) is 0 Å². The van der Waals surface area contributed by atoms with Crippen molar-refractivity contribution in [3.63, 3.8) is 0 Å². The number of phenolic OH excluding ortho intramolecular Hbond substituents is 1. The number of halogens is 3. The average molecular weight is 235 g/mol. The standard InChI is InChI=1S/C10H9ClF2O2/c1-5(2-3-14)6-4-7(11)10(15)9(13)8(6)12/h3-5,15H,2H2,1H3. The number of carbonyl (C=O) groups is 1. The summed E-state index contributed by atoms with van der Waals surface area (Å²) in [6.07, 6.45) is 0.681. The largest absolute Gasteiger partial charge is 0.504 e. The van der Waals surface area contributed by atoms with E-state index in [2.05, 4.69) is 0 Å². The summed E-state index contributed by atoms with van der Waals surface area (Å²) in [7, 11) is 0. The maximum Gasteiger partial charge on any atom is 0.202 e. The molecule has 1 unspecified atom stereocenters. The molecule has 1 N–H and O–H groups in total. The van der Waals surface area contributed by atoms with Gasteiger partial charge in [0.05, 0.1) is 5.02 Å². The lowest BCUT2D eigenvalue weighted by Crippen LogP contribution is -2.01. The van der Waals surface area contributed by atoms with Crippen LogP contribution in [0.4, 0.5) is 8.78 Å². The molecule has 0 bridgehead atoms. The Kier molecular flexibility index (Phi) is 3.63. The van der Waals surface area contributed by atoms with Gasteiger partial charge in [0.2, 0.25) is 5.82 Å². The average Bonchev–Trinajstić information content (AvgIpc) is 2.20. The summed E-state index contributed by atoms with van der Waals surface area (Å²) in [5, 5.41) is 8.74. The first-order valence-electron chi connectivity index (χ1n) is 4.29. The summed E-state index contributed by atoms with van der Waals surface area (Å²) >= 11 is 5.49. The maximum absolute atomic E-state index is 13.3. The van der Waals surface area contributed by atoms with Gasteiger partial charge in [-0.05, 0) is 17.5 Å². The summed E-state index contributed by atoms with van der Waals surface area (Å²) in [6, 6.07) is 1.13. The molecule has 0 heterocycles. The second-order valence-electron chi connectivity index (χ2n) is 3.23. The Labute approximate surface area is 90.5 Å². The number of phenols is 1. The smallest absolute Gasteiger partial charge is 0.202 e. The molecule has 0 aliphatic heterocycles. The lowest BCUT2D eigenvalue weighted by Gasteiger charge is -2.11. The third-order valence-electron chi connectivity index (χ3n) is 2.14. The molecule has 2 nitrogen and oxygen atoms in total. The van der Waals surface area contributed by atoms with Crippen molar-refractivity contribution < 1.29 is 18.7 Å². The van der Waals surface area contributed by atoms with Gasteiger partial charge < -0.3 is 9.90 Å². The minimum Gasteiger partial charge on any atom is -0.504 e. The van der Waals surface area contributed by atoms with E-state index >= 15 is 0 Å². The molecule has 15 heavy (non-hydrogen) atoms. The van der Waals surface area contributed by atoms with Gasteiger partial charge in [0.1, 0.15) is 6.29 Å². The SMILES string of the molecule is CC(CC=O)c1cc(Cl)c(O)c(F)c1F. The molecule has 1 atom stereocenters. The van der Waals surface area contributed by atoms with Crippen LogP contribution in [0.25, 0.3) is 0 Å². The number of carbonyl (C=O) groups excluding carboxylic acids is 1. The minimum atomic E-state index is -1.38. The van der Waals surface area contributed by atoms with Gasteiger partial charge in [-0.2, -0.15) is 4.39 Å². The number of rotatable bonds is 3. The highest BCUT2D eigenvalue weighted by Gasteiger charge is 2.20. The topological polar surface area (TPSA) is 37.3 Å². The first kappa shape index (κ1) is 11.9. The molecule has 1 aromatic carbocycles. The Balaban J connectivity index is 3.25. The predicted molar refractivity (Wildman–Crippen MR) is 52.1 cm³/mol. The van der Waals surface area contributed by atoms with Crippen LogP contribution in [0.15, 0.2) is 6.07 Å². The molecule has 0 radical (unpaired) electrons. The molecule has 1 rings (SSSR count). The molecule has 0 fully saturated rings. The van der Waals surface area contributed by atoms with Crippen molar-refractivity contribution in [1.82, 2.24) is 0 Å². The Bertz CT molecular complexity index is 393. The number of aromatic hydroxyl groups is 1. The van der Waals surface area contributed by atoms with E-state index in [1.165, 1.54) is 0 Å². The zero-order valence-electron chi connectivity index (χ0n) is 7.93. The van der Waals surface area contributed by atoms with Crippen LogP contribution in [0, 0.1) is 11.6 Å². The highest BCUT2D eigenvalue weighted by Crippen LogP contribution is 2.34. The maximum atomic E-state index is 13.3. The van der Waals surface area contributed by atoms with Crippen molar-refractivity contribution in [3.05, 3.63) is 28.3 Å². The molecule has 82 valence electrons. The molecule has 0 aliphatic carbocycles. The van der Waals surface area contributed by atoms with E-state index in [1.807, 2.05) is 0 Å². The fourth-order valence-electron chi connectivity index (χ4n) is 1.23. The van der Waals surface area contributed by atoms with Crippen LogP contribution < -0.4 is 0 Å². The quantitative estimate of drug-likeness (QED) is 0.645. The fraction of sp³-hybridized carbons (Fsp3) is 0.300. The van der Waals surface area contributed by atoms with E-state index in [1.54, 1.807) is 6.92 Å². The van der Waals surface area contributed by atoms with Crippen LogP contribution in [0.2, 0.25) is 5.02 Å². The van der Waals surface area contributed by atoms with E-state index < -0.39 is 23.3 Å². The molecule has 1 aromatic rings. The van der Waals surface area contributed by atoms with Crippen molar-refractivity contribution in [2.24, 2.45) is 0 Å². The van der Waals surface area contributed by atoms with Gasteiger partial charge in [-0.25, -0.2) is 4.39 Å². The second-order valence-corrected chi connectivity index (χ2v) is 3.63. The van der Waals surface area contributed by atoms with Crippen molar-refractivity contribution in [2.45, 2.75) is 19.3 Å². The summed E-state index contributed by atoms with van der Waals surface area (Å²) in [4.78, 5) is 10.2. The zero-order chi connectivity index (χ0) is 11.6. The Morgan fingerprint density at radius 3 is 2.67 bits per heavy atom. The van der Waals surface area contributed by atoms with Crippen LogP contribution in [-0.2, 0) is 4.79 Å². The van der Waals surface area contributed by atoms with E-state index in [9.17, 15) is 13.6 Å². The molecule has 5 heteroatoms. The third kappa shape index (κ3) is 2.26. The normalized spacial score (nSPS) is 12.5. The van der Waals surface area contributed by atoms with Gasteiger partial charge in [0.25, 0.3) is 0 Å². The lowest BCUT2D eigenvalue weighted by atomic mass is 9.97. The number of hydrogen-bond donors (Lipinski definition) is 1. The Morgan fingerprint density at radius 1 is 1.53 bits per heavy atom. The van der Waals surface area contributed by atoms with Gasteiger partial charge in [0.15, 0.2) is 11.6 Å². The molecule has 0 aromatic heterocycles. The van der Waals surface area contributed by atoms with E-state index in [-0.39, 0.29) is 17.0 Å². The van der Waals surface area contributed by atoms with Crippen molar-refractivity contribution >= 4 is 17.9 Å². The highest BCUT2D eigenvalue weighted by atomic mass is 35.5. The number of hydrogen-bond acceptors (Lipinski definition) is 2. The first-order valence-corrected chi connectivity index (χ1v) is 4.66. The number of benzene rings is 1. The zero-order valence-corrected chi connectivity index (χ0v) is 8.68. The second kappa shape index (κ2) is 4.57. The van der Waals surface area contributed by atoms with Gasteiger partial charge in [0, 0.05) is 6.42 Å². The van der Waals surface area contributed by atoms with Crippen LogP contribution in [0.5, 0.6) is 5.75 Å². The van der Waals surface area contributed by atoms with Crippen molar-refractivity contribution in [2.75, 3.05) is 0 Å². The third-order valence-corrected chi connectivity index (χ3v) is 2.43. The highest BCUT2D eigenvalue weighted by molar-refractivity contribution is 6.32. The Morgan fingerprint density at radius 2 is 2.13 bits per heavy atom. The fourth-order valence-corrected chi connectivity index (χ4v) is 1.43. The van der Waals surface area contributed by atoms with Crippen LogP contribution in [0.3, 0.4) is 0 Å². The minimum absolute atomic E-state index is 0.0117. The molecule has 0 saturated carbocycles. The summed E-state index contributed by atoms with van der Waals surface area (Å²) in [5.41, 5.74) is -0.0117. The molecule has 0 aliphatic rings. The van der Waals surface area contributed by atoms with Gasteiger partial charge in [-0.15, -0.1) is 0 Å². The van der Waals surface area contributed by atoms with Crippen LogP contribution in [0.1, 0.15) is 24.8 Å². The molecular formula is C10H9ClF2O2. The van der Waals surface area contributed by atoms with Crippen LogP contribution in [-0.4, -0.2) is 11.4 Å². The summed E-state index contributed by atoms with van der Waals surface area (Å²) in [5.74, 6) is -3.92.